The zero-order chi connectivity index (χ0) is 32.5. The summed E-state index contributed by atoms with van der Waals surface area (Å²) in [6.07, 6.45) is 34.7. The van der Waals surface area contributed by atoms with Gasteiger partial charge in [0.05, 0.1) is 0 Å². The number of allylic oxidation sites excluding steroid dienone is 6. The highest BCUT2D eigenvalue weighted by Crippen LogP contribution is 2.18. The largest absolute Gasteiger partial charge is 0.480 e. The first kappa shape index (κ1) is 41.6. The third-order valence-electron chi connectivity index (χ3n) is 7.72. The Morgan fingerprint density at radius 3 is 1.89 bits per heavy atom. The molecule has 0 aromatic heterocycles. The number of ether oxygens (including phenoxy) is 1. The highest BCUT2D eigenvalue weighted by molar-refractivity contribution is 5.83. The van der Waals surface area contributed by atoms with E-state index >= 15 is 0 Å². The Morgan fingerprint density at radius 1 is 0.682 bits per heavy atom. The van der Waals surface area contributed by atoms with E-state index in [0.29, 0.717) is 32.2 Å². The molecule has 7 heteroatoms. The molecule has 0 aromatic rings. The van der Waals surface area contributed by atoms with Gasteiger partial charge in [0.25, 0.3) is 0 Å². The van der Waals surface area contributed by atoms with Crippen LogP contribution in [0.5, 0.6) is 0 Å². The molecule has 0 saturated carbocycles. The Labute approximate surface area is 269 Å². The topological polar surface area (TPSA) is 119 Å². The first-order valence-electron chi connectivity index (χ1n) is 17.8. The molecule has 0 heterocycles. The third kappa shape index (κ3) is 28.4. The van der Waals surface area contributed by atoms with E-state index in [0.717, 1.165) is 89.9 Å². The number of nitrogens with two attached hydrogens (primary N) is 1. The van der Waals surface area contributed by atoms with Crippen molar-refractivity contribution in [1.82, 2.24) is 5.32 Å². The highest BCUT2D eigenvalue weighted by Gasteiger charge is 2.19. The van der Waals surface area contributed by atoms with Crippen LogP contribution in [0.25, 0.3) is 0 Å². The Kier molecular flexibility index (Phi) is 30.2. The second-order valence-corrected chi connectivity index (χ2v) is 11.9. The number of carboxylic acids is 1. The molecule has 0 radical (unpaired) electrons. The summed E-state index contributed by atoms with van der Waals surface area (Å²) in [7, 11) is 0. The van der Waals surface area contributed by atoms with E-state index < -0.39 is 12.0 Å². The van der Waals surface area contributed by atoms with Gasteiger partial charge in [0.1, 0.15) is 12.1 Å². The minimum Gasteiger partial charge on any atom is -0.480 e. The van der Waals surface area contributed by atoms with E-state index in [1.165, 1.54) is 32.1 Å². The van der Waals surface area contributed by atoms with Crippen LogP contribution in [0.1, 0.15) is 162 Å². The molecule has 0 aliphatic heterocycles. The van der Waals surface area contributed by atoms with Crippen LogP contribution in [0.15, 0.2) is 36.5 Å². The van der Waals surface area contributed by atoms with Gasteiger partial charge in [0.15, 0.2) is 0 Å². The van der Waals surface area contributed by atoms with Gasteiger partial charge in [-0.3, -0.25) is 9.59 Å². The number of aliphatic carboxylic acids is 1. The minimum atomic E-state index is -1.01. The summed E-state index contributed by atoms with van der Waals surface area (Å²) < 4.78 is 5.93. The van der Waals surface area contributed by atoms with Crippen LogP contribution in [0, 0.1) is 0 Å². The van der Waals surface area contributed by atoms with Crippen LogP contribution >= 0.6 is 0 Å². The van der Waals surface area contributed by atoms with Crippen LogP contribution < -0.4 is 11.1 Å². The molecule has 0 aromatic carbocycles. The molecule has 0 bridgehead atoms. The fourth-order valence-electron chi connectivity index (χ4n) is 5.05. The third-order valence-corrected chi connectivity index (χ3v) is 7.72. The molecular weight excluding hydrogens is 552 g/mol. The molecule has 254 valence electrons. The standard InChI is InChI=1S/C37H66N2O5/c1-3-5-7-9-11-12-13-14-15-16-17-19-25-31-36(41)44-33(27-22-18-10-8-6-4-2)28-23-20-21-24-30-35(40)39-34(37(42)43)29-26-32-38/h5,7,11-12,14-15,33-34H,3-4,6,8-10,13,16-32,38H2,1-2H3,(H,39,40)(H,42,43)/b7-5-,12-11-,15-14-. The van der Waals surface area contributed by atoms with E-state index in [9.17, 15) is 19.5 Å². The molecule has 2 unspecified atom stereocenters. The summed E-state index contributed by atoms with van der Waals surface area (Å²) >= 11 is 0. The molecule has 0 aliphatic carbocycles. The van der Waals surface area contributed by atoms with Crippen molar-refractivity contribution in [3.63, 3.8) is 0 Å². The Balaban J connectivity index is 4.28. The summed E-state index contributed by atoms with van der Waals surface area (Å²) in [5, 5.41) is 11.9. The maximum Gasteiger partial charge on any atom is 0.326 e. The van der Waals surface area contributed by atoms with Gasteiger partial charge >= 0.3 is 11.9 Å². The predicted molar refractivity (Wildman–Crippen MR) is 183 cm³/mol. The summed E-state index contributed by atoms with van der Waals surface area (Å²) in [5.74, 6) is -1.30. The van der Waals surface area contributed by atoms with Crippen LogP contribution in [0.2, 0.25) is 0 Å². The number of carbonyl (C=O) groups is 3. The van der Waals surface area contributed by atoms with Crippen molar-refractivity contribution < 1.29 is 24.2 Å². The molecule has 0 spiro atoms. The normalized spacial score (nSPS) is 13.2. The number of carboxylic acid groups (broad SMARTS) is 1. The van der Waals surface area contributed by atoms with Crippen molar-refractivity contribution in [2.24, 2.45) is 5.73 Å². The van der Waals surface area contributed by atoms with Gasteiger partial charge in [0.2, 0.25) is 5.91 Å². The summed E-state index contributed by atoms with van der Waals surface area (Å²) in [5.41, 5.74) is 5.46. The number of amides is 1. The van der Waals surface area contributed by atoms with E-state index in [1.54, 1.807) is 0 Å². The Bertz CT molecular complexity index is 793. The van der Waals surface area contributed by atoms with Crippen molar-refractivity contribution in [2.45, 2.75) is 174 Å². The molecule has 4 N–H and O–H groups in total. The molecule has 0 rings (SSSR count). The number of rotatable bonds is 31. The zero-order valence-electron chi connectivity index (χ0n) is 28.2. The Hall–Kier alpha value is -2.41. The lowest BCUT2D eigenvalue weighted by Gasteiger charge is -2.18. The van der Waals surface area contributed by atoms with Gasteiger partial charge < -0.3 is 20.9 Å². The zero-order valence-corrected chi connectivity index (χ0v) is 28.2. The van der Waals surface area contributed by atoms with Crippen molar-refractivity contribution in [3.05, 3.63) is 36.5 Å². The van der Waals surface area contributed by atoms with Gasteiger partial charge in [-0.15, -0.1) is 0 Å². The number of esters is 1. The van der Waals surface area contributed by atoms with E-state index in [4.69, 9.17) is 10.5 Å². The average molecular weight is 619 g/mol. The summed E-state index contributed by atoms with van der Waals surface area (Å²) in [4.78, 5) is 36.1. The average Bonchev–Trinajstić information content (AvgIpc) is 3.00. The molecule has 44 heavy (non-hydrogen) atoms. The summed E-state index contributed by atoms with van der Waals surface area (Å²) in [6, 6.07) is -0.865. The van der Waals surface area contributed by atoms with Gasteiger partial charge in [0, 0.05) is 12.8 Å². The van der Waals surface area contributed by atoms with Gasteiger partial charge in [-0.1, -0.05) is 102 Å². The number of nitrogens with one attached hydrogen (secondary N) is 1. The van der Waals surface area contributed by atoms with Crippen LogP contribution in [0.3, 0.4) is 0 Å². The smallest absolute Gasteiger partial charge is 0.326 e. The lowest BCUT2D eigenvalue weighted by molar-refractivity contribution is -0.150. The minimum absolute atomic E-state index is 0.0238. The van der Waals surface area contributed by atoms with Crippen LogP contribution in [-0.2, 0) is 19.1 Å². The lowest BCUT2D eigenvalue weighted by Crippen LogP contribution is -2.40. The molecule has 0 saturated heterocycles. The fourth-order valence-corrected chi connectivity index (χ4v) is 5.05. The highest BCUT2D eigenvalue weighted by atomic mass is 16.5. The number of hydrogen-bond donors (Lipinski definition) is 3. The van der Waals surface area contributed by atoms with Gasteiger partial charge in [-0.05, 0) is 90.0 Å². The maximum atomic E-state index is 12.6. The molecule has 2 atom stereocenters. The van der Waals surface area contributed by atoms with E-state index in [-0.39, 0.29) is 18.0 Å². The Morgan fingerprint density at radius 2 is 1.25 bits per heavy atom. The van der Waals surface area contributed by atoms with Crippen LogP contribution in [0.4, 0.5) is 0 Å². The van der Waals surface area contributed by atoms with Crippen molar-refractivity contribution in [3.8, 4) is 0 Å². The predicted octanol–water partition coefficient (Wildman–Crippen LogP) is 9.11. The van der Waals surface area contributed by atoms with Gasteiger partial charge in [-0.2, -0.15) is 0 Å². The SMILES string of the molecule is CC/C=C\C/C=C\C/C=C\CCCCCC(=O)OC(CCCCCCCC)CCCCCCC(=O)NC(CCCN)C(=O)O. The molecule has 1 amide bonds. The molecule has 0 aliphatic rings. The summed E-state index contributed by atoms with van der Waals surface area (Å²) in [6.45, 7) is 4.78. The second-order valence-electron chi connectivity index (χ2n) is 11.9. The van der Waals surface area contributed by atoms with Gasteiger partial charge in [-0.25, -0.2) is 4.79 Å². The number of hydrogen-bond acceptors (Lipinski definition) is 5. The van der Waals surface area contributed by atoms with E-state index in [1.807, 2.05) is 0 Å². The number of carbonyl (C=O) groups excluding carboxylic acids is 2. The monoisotopic (exact) mass is 618 g/mol. The van der Waals surface area contributed by atoms with Crippen molar-refractivity contribution in [1.29, 1.82) is 0 Å². The van der Waals surface area contributed by atoms with E-state index in [2.05, 4.69) is 55.6 Å². The molecule has 7 nitrogen and oxygen atoms in total. The first-order chi connectivity index (χ1) is 21.4. The van der Waals surface area contributed by atoms with Crippen molar-refractivity contribution in [2.75, 3.05) is 6.54 Å². The second kappa shape index (κ2) is 32.0. The lowest BCUT2D eigenvalue weighted by atomic mass is 10.0. The molecule has 0 fully saturated rings. The van der Waals surface area contributed by atoms with Crippen LogP contribution in [-0.4, -0.2) is 41.6 Å². The van der Waals surface area contributed by atoms with Crippen molar-refractivity contribution >= 4 is 17.8 Å². The quantitative estimate of drug-likeness (QED) is 0.0405. The number of unbranched alkanes of at least 4 members (excludes halogenated alkanes) is 11. The first-order valence-corrected chi connectivity index (χ1v) is 17.8. The fraction of sp³-hybridized carbons (Fsp3) is 0.757. The maximum absolute atomic E-state index is 12.6. The molecular formula is C37H66N2O5.